The Hall–Kier alpha value is -1.44. The minimum absolute atomic E-state index is 0.0413. The molecule has 3 rings (SSSR count). The number of likely N-dealkylation sites (tertiary alicyclic amines) is 1. The van der Waals surface area contributed by atoms with Crippen LogP contribution in [0.1, 0.15) is 38.2 Å². The van der Waals surface area contributed by atoms with Crippen LogP contribution in [0.15, 0.2) is 29.2 Å². The lowest BCUT2D eigenvalue weighted by molar-refractivity contribution is -0.154. The van der Waals surface area contributed by atoms with E-state index in [0.717, 1.165) is 18.2 Å². The van der Waals surface area contributed by atoms with Crippen LogP contribution in [0.2, 0.25) is 0 Å². The Labute approximate surface area is 148 Å². The maximum absolute atomic E-state index is 13.2. The van der Waals surface area contributed by atoms with Crippen LogP contribution in [0, 0.1) is 0 Å². The number of hydrogen-bond donors (Lipinski definition) is 2. The summed E-state index contributed by atoms with van der Waals surface area (Å²) in [5.41, 5.74) is -0.984. The monoisotopic (exact) mass is 367 g/mol. The molecule has 1 amide bonds. The molecule has 2 atom stereocenters. The van der Waals surface area contributed by atoms with Crippen molar-refractivity contribution < 1.29 is 23.4 Å². The zero-order valence-corrected chi connectivity index (χ0v) is 15.4. The van der Waals surface area contributed by atoms with Gasteiger partial charge in [0.15, 0.2) is 9.84 Å². The van der Waals surface area contributed by atoms with Crippen LogP contribution in [0.5, 0.6) is 0 Å². The van der Waals surface area contributed by atoms with E-state index in [4.69, 9.17) is 0 Å². The molecule has 1 aliphatic heterocycles. The third-order valence-electron chi connectivity index (χ3n) is 5.74. The molecule has 1 heterocycles. The van der Waals surface area contributed by atoms with Gasteiger partial charge in [0.05, 0.1) is 22.0 Å². The number of carbonyl (C=O) groups is 1. The standard InChI is InChI=1S/C18H25NO5S/c1-17(22)10-11-19(12-15(17)20)16(21)18(8-3-9-18)13-4-6-14(7-5-13)25(2,23)24/h4-7,15,20,22H,3,8-12H2,1-2H3/t15-,17-/m1/s1. The molecule has 2 aliphatic rings. The van der Waals surface area contributed by atoms with Crippen LogP contribution in [-0.4, -0.2) is 60.5 Å². The molecule has 0 spiro atoms. The first-order chi connectivity index (χ1) is 11.6. The molecule has 1 aliphatic carbocycles. The van der Waals surface area contributed by atoms with Gasteiger partial charge in [-0.2, -0.15) is 0 Å². The van der Waals surface area contributed by atoms with Crippen molar-refractivity contribution in [2.45, 2.75) is 54.6 Å². The number of aliphatic hydroxyl groups excluding tert-OH is 1. The van der Waals surface area contributed by atoms with Gasteiger partial charge in [0, 0.05) is 19.3 Å². The lowest BCUT2D eigenvalue weighted by Gasteiger charge is -2.47. The van der Waals surface area contributed by atoms with Gasteiger partial charge in [-0.15, -0.1) is 0 Å². The fourth-order valence-corrected chi connectivity index (χ4v) is 4.32. The van der Waals surface area contributed by atoms with Gasteiger partial charge in [-0.05, 0) is 43.9 Å². The Morgan fingerprint density at radius 2 is 1.80 bits per heavy atom. The Morgan fingerprint density at radius 1 is 1.20 bits per heavy atom. The molecule has 0 bridgehead atoms. The molecule has 7 heteroatoms. The molecular formula is C18H25NO5S. The number of β-amino-alcohol motifs (C(OH)–C–C–N with tert-alkyl or cyclic N) is 1. The Kier molecular flexibility index (Phi) is 4.46. The summed E-state index contributed by atoms with van der Waals surface area (Å²) in [6.45, 7) is 2.11. The summed E-state index contributed by atoms with van der Waals surface area (Å²) in [6.07, 6.45) is 2.90. The van der Waals surface area contributed by atoms with Crippen molar-refractivity contribution in [1.82, 2.24) is 4.90 Å². The first-order valence-corrected chi connectivity index (χ1v) is 10.5. The summed E-state index contributed by atoms with van der Waals surface area (Å²) in [5, 5.41) is 20.2. The topological polar surface area (TPSA) is 94.9 Å². The van der Waals surface area contributed by atoms with Crippen molar-refractivity contribution in [3.8, 4) is 0 Å². The van der Waals surface area contributed by atoms with Gasteiger partial charge < -0.3 is 15.1 Å². The number of piperidine rings is 1. The minimum atomic E-state index is -3.27. The van der Waals surface area contributed by atoms with Crippen LogP contribution in [0.4, 0.5) is 0 Å². The SMILES string of the molecule is C[C@@]1(O)CCN(C(=O)C2(c3ccc(S(C)(=O)=O)cc3)CCC2)C[C@H]1O. The van der Waals surface area contributed by atoms with E-state index in [1.807, 2.05) is 0 Å². The first-order valence-electron chi connectivity index (χ1n) is 8.57. The fourth-order valence-electron chi connectivity index (χ4n) is 3.69. The lowest BCUT2D eigenvalue weighted by Crippen LogP contribution is -2.60. The number of hydrogen-bond acceptors (Lipinski definition) is 5. The van der Waals surface area contributed by atoms with Crippen LogP contribution in [0.3, 0.4) is 0 Å². The van der Waals surface area contributed by atoms with Gasteiger partial charge in [-0.25, -0.2) is 8.42 Å². The molecule has 2 fully saturated rings. The van der Waals surface area contributed by atoms with Crippen molar-refractivity contribution in [3.63, 3.8) is 0 Å². The van der Waals surface area contributed by atoms with Gasteiger partial charge >= 0.3 is 0 Å². The van der Waals surface area contributed by atoms with E-state index in [1.165, 1.54) is 0 Å². The summed E-state index contributed by atoms with van der Waals surface area (Å²) in [6, 6.07) is 6.55. The number of aliphatic hydroxyl groups is 2. The zero-order chi connectivity index (χ0) is 18.5. The van der Waals surface area contributed by atoms with E-state index >= 15 is 0 Å². The summed E-state index contributed by atoms with van der Waals surface area (Å²) in [7, 11) is -3.27. The molecule has 138 valence electrons. The fraction of sp³-hybridized carbons (Fsp3) is 0.611. The predicted molar refractivity (Wildman–Crippen MR) is 92.9 cm³/mol. The normalized spacial score (nSPS) is 29.1. The molecule has 0 unspecified atom stereocenters. The average molecular weight is 367 g/mol. The van der Waals surface area contributed by atoms with Crippen molar-refractivity contribution >= 4 is 15.7 Å². The van der Waals surface area contributed by atoms with Crippen LogP contribution < -0.4 is 0 Å². The minimum Gasteiger partial charge on any atom is -0.388 e. The molecule has 1 saturated carbocycles. The van der Waals surface area contributed by atoms with Crippen molar-refractivity contribution in [2.75, 3.05) is 19.3 Å². The Balaban J connectivity index is 1.85. The molecule has 1 aromatic carbocycles. The second kappa shape index (κ2) is 6.07. The molecule has 6 nitrogen and oxygen atoms in total. The molecular weight excluding hydrogens is 342 g/mol. The maximum Gasteiger partial charge on any atom is 0.233 e. The van der Waals surface area contributed by atoms with Gasteiger partial charge in [0.25, 0.3) is 0 Å². The van der Waals surface area contributed by atoms with E-state index in [-0.39, 0.29) is 17.3 Å². The summed E-state index contributed by atoms with van der Waals surface area (Å²) in [5.74, 6) is -0.0413. The molecule has 0 radical (unpaired) electrons. The van der Waals surface area contributed by atoms with E-state index in [1.54, 1.807) is 36.1 Å². The van der Waals surface area contributed by atoms with E-state index in [0.29, 0.717) is 25.8 Å². The third-order valence-corrected chi connectivity index (χ3v) is 6.87. The van der Waals surface area contributed by atoms with Crippen LogP contribution in [0.25, 0.3) is 0 Å². The summed E-state index contributed by atoms with van der Waals surface area (Å²) in [4.78, 5) is 15.0. The van der Waals surface area contributed by atoms with Crippen molar-refractivity contribution in [3.05, 3.63) is 29.8 Å². The molecule has 1 saturated heterocycles. The number of carbonyl (C=O) groups excluding carboxylic acids is 1. The number of sulfone groups is 1. The number of rotatable bonds is 3. The van der Waals surface area contributed by atoms with Gasteiger partial charge in [0.1, 0.15) is 0 Å². The van der Waals surface area contributed by atoms with Gasteiger partial charge in [-0.3, -0.25) is 4.79 Å². The van der Waals surface area contributed by atoms with Crippen molar-refractivity contribution in [1.29, 1.82) is 0 Å². The lowest BCUT2D eigenvalue weighted by atomic mass is 9.63. The Bertz CT molecular complexity index is 765. The third kappa shape index (κ3) is 3.20. The first kappa shape index (κ1) is 18.4. The maximum atomic E-state index is 13.2. The summed E-state index contributed by atoms with van der Waals surface area (Å²) >= 11 is 0. The largest absolute Gasteiger partial charge is 0.388 e. The predicted octanol–water partition coefficient (Wildman–Crippen LogP) is 0.856. The number of nitrogens with zero attached hydrogens (tertiary/aromatic N) is 1. The molecule has 25 heavy (non-hydrogen) atoms. The molecule has 0 aromatic heterocycles. The van der Waals surface area contributed by atoms with Gasteiger partial charge in [0.2, 0.25) is 5.91 Å². The molecule has 2 N–H and O–H groups in total. The quantitative estimate of drug-likeness (QED) is 0.826. The zero-order valence-electron chi connectivity index (χ0n) is 14.6. The van der Waals surface area contributed by atoms with Crippen LogP contribution >= 0.6 is 0 Å². The second-order valence-corrected chi connectivity index (χ2v) is 9.62. The van der Waals surface area contributed by atoms with E-state index in [9.17, 15) is 23.4 Å². The number of benzene rings is 1. The van der Waals surface area contributed by atoms with Gasteiger partial charge in [-0.1, -0.05) is 18.6 Å². The average Bonchev–Trinajstić information content (AvgIpc) is 2.48. The highest BCUT2D eigenvalue weighted by Gasteiger charge is 2.49. The van der Waals surface area contributed by atoms with Crippen molar-refractivity contribution in [2.24, 2.45) is 0 Å². The number of amides is 1. The highest BCUT2D eigenvalue weighted by molar-refractivity contribution is 7.90. The highest BCUT2D eigenvalue weighted by atomic mass is 32.2. The van der Waals surface area contributed by atoms with E-state index in [2.05, 4.69) is 0 Å². The smallest absolute Gasteiger partial charge is 0.233 e. The Morgan fingerprint density at radius 3 is 2.24 bits per heavy atom. The van der Waals surface area contributed by atoms with Crippen LogP contribution in [-0.2, 0) is 20.0 Å². The summed E-state index contributed by atoms with van der Waals surface area (Å²) < 4.78 is 23.3. The second-order valence-electron chi connectivity index (χ2n) is 7.61. The highest BCUT2D eigenvalue weighted by Crippen LogP contribution is 2.46. The van der Waals surface area contributed by atoms with E-state index < -0.39 is 27.0 Å². The molecule has 1 aromatic rings.